The van der Waals surface area contributed by atoms with Gasteiger partial charge >= 0.3 is 22.4 Å². The lowest BCUT2D eigenvalue weighted by atomic mass is 10.0. The van der Waals surface area contributed by atoms with Crippen LogP contribution in [0.3, 0.4) is 0 Å². The van der Waals surface area contributed by atoms with Gasteiger partial charge in [0.1, 0.15) is 63.3 Å². The van der Waals surface area contributed by atoms with Crippen LogP contribution in [-0.2, 0) is 87.9 Å². The van der Waals surface area contributed by atoms with Gasteiger partial charge in [0.2, 0.25) is 25.2 Å². The first-order chi connectivity index (χ1) is 42.1. The highest BCUT2D eigenvalue weighted by atomic mass is 32.2. The number of quaternary nitrogens is 1. The zero-order chi connectivity index (χ0) is 70.0. The molecule has 3 aromatic carbocycles. The van der Waals surface area contributed by atoms with Gasteiger partial charge in [-0.15, -0.1) is 0 Å². The molecule has 0 saturated heterocycles. The van der Waals surface area contributed by atoms with E-state index in [1.54, 1.807) is 121 Å². The number of hydrogen-bond donors (Lipinski definition) is 6. The van der Waals surface area contributed by atoms with Crippen LogP contribution in [0.25, 0.3) is 11.4 Å². The average molecular weight is 1480 g/mol. The van der Waals surface area contributed by atoms with Crippen LogP contribution in [0, 0.1) is 11.8 Å². The first-order valence-electron chi connectivity index (χ1n) is 28.7. The van der Waals surface area contributed by atoms with Gasteiger partial charge < -0.3 is 5.11 Å². The Balaban J connectivity index is -0.00000114. The summed E-state index contributed by atoms with van der Waals surface area (Å²) < 4.78 is 176. The molecule has 8 rings (SSSR count). The molecule has 27 nitrogen and oxygen atoms in total. The van der Waals surface area contributed by atoms with Crippen LogP contribution >= 0.6 is 0 Å². The van der Waals surface area contributed by atoms with Gasteiger partial charge in [-0.2, -0.15) is 60.3 Å². The number of benzene rings is 3. The molecule has 0 aliphatic carbocycles. The maximum atomic E-state index is 11.7. The van der Waals surface area contributed by atoms with Crippen molar-refractivity contribution in [2.24, 2.45) is 33.0 Å². The number of carboxylic acid groups (broad SMARTS) is 1. The second-order valence-electron chi connectivity index (χ2n) is 24.0. The first-order valence-corrected chi connectivity index (χ1v) is 36.0. The summed E-state index contributed by atoms with van der Waals surface area (Å²) >= 11 is 0. The molecule has 6 N–H and O–H groups in total. The normalized spacial score (nSPS) is 15.1. The van der Waals surface area contributed by atoms with E-state index in [0.29, 0.717) is 23.4 Å². The summed E-state index contributed by atoms with van der Waals surface area (Å²) in [5, 5.41) is 8.01. The smallest absolute Gasteiger partial charge is 0.360 e. The maximum Gasteiger partial charge on any atom is 0.360 e. The van der Waals surface area contributed by atoms with Gasteiger partial charge in [-0.1, -0.05) is 118 Å². The predicted octanol–water partition coefficient (Wildman–Crippen LogP) is 9.65. The zero-order valence-corrected chi connectivity index (χ0v) is 58.2. The molecule has 552 valence electrons. The molecule has 2 aliphatic rings. The van der Waals surface area contributed by atoms with Crippen molar-refractivity contribution in [3.05, 3.63) is 152 Å². The van der Waals surface area contributed by atoms with Crippen molar-refractivity contribution in [2.45, 2.75) is 183 Å². The predicted molar refractivity (Wildman–Crippen MR) is 381 cm³/mol. The minimum Gasteiger partial charge on any atom is -0.477 e. The van der Waals surface area contributed by atoms with Crippen LogP contribution in [0.5, 0.6) is 0 Å². The molecular weight excluding hydrogens is 1370 g/mol. The minimum atomic E-state index is -4.72. The van der Waals surface area contributed by atoms with Gasteiger partial charge in [-0.3, -0.25) is 27.6 Å². The molecule has 0 radical (unpaired) electrons. The van der Waals surface area contributed by atoms with E-state index in [0.717, 1.165) is 11.1 Å². The van der Waals surface area contributed by atoms with Gasteiger partial charge in [0.05, 0.1) is 27.1 Å². The van der Waals surface area contributed by atoms with Crippen molar-refractivity contribution in [3.8, 4) is 11.4 Å². The molecule has 32 heteroatoms. The fourth-order valence-electron chi connectivity index (χ4n) is 9.55. The van der Waals surface area contributed by atoms with Crippen molar-refractivity contribution in [3.63, 3.8) is 0 Å². The number of aliphatic carboxylic acids is 1. The van der Waals surface area contributed by atoms with Crippen molar-refractivity contribution in [1.29, 1.82) is 0 Å². The minimum absolute atomic E-state index is 0. The SMILES string of the molecule is C.C.C.C.C.C.CC(=O)C[N+]1(CC(=O)O)C=C[N+](C(C)C)=C1.CC(C)c1cc(S(=O)(=O)O)c(-n2cc[n+](C)c2)c(S(=O)(=O)O)c1.CC(C)c1ccc(-n2cc[n+](C)c2)c(S(=O)(=O)O)c1.CC(C)c1ccc(Cn2cc[n+](C)c2)c(S(=O)(=O)O)c1.CC1C=C[N+](C(C(C)C)S(=O)(=O)O)=C1. The van der Waals surface area contributed by atoms with Crippen molar-refractivity contribution in [2.75, 3.05) is 13.1 Å². The van der Waals surface area contributed by atoms with Crippen molar-refractivity contribution in [1.82, 2.24) is 13.7 Å². The molecule has 3 unspecified atom stereocenters. The van der Waals surface area contributed by atoms with E-state index in [2.05, 4.69) is 0 Å². The van der Waals surface area contributed by atoms with Gasteiger partial charge in [0.25, 0.3) is 45.8 Å². The number of aromatic nitrogens is 6. The molecule has 0 bridgehead atoms. The number of ketones is 1. The van der Waals surface area contributed by atoms with Gasteiger partial charge in [0.15, 0.2) is 54.9 Å². The lowest BCUT2D eigenvalue weighted by molar-refractivity contribution is -0.774. The number of carbonyl (C=O) groups is 2. The molecule has 3 atom stereocenters. The number of imidazole rings is 3. The molecule has 0 saturated carbocycles. The van der Waals surface area contributed by atoms with Crippen molar-refractivity contribution >= 4 is 74.9 Å². The monoisotopic (exact) mass is 1480 g/mol. The highest BCUT2D eigenvalue weighted by Gasteiger charge is 2.40. The fourth-order valence-corrected chi connectivity index (χ4v) is 13.7. The lowest BCUT2D eigenvalue weighted by Crippen LogP contribution is -2.48. The van der Waals surface area contributed by atoms with Crippen LogP contribution in [0.4, 0.5) is 0 Å². The summed E-state index contributed by atoms with van der Waals surface area (Å²) in [6.45, 7) is 22.8. The number of rotatable bonds is 19. The molecule has 5 heterocycles. The molecule has 2 aliphatic heterocycles. The van der Waals surface area contributed by atoms with E-state index >= 15 is 0 Å². The summed E-state index contributed by atoms with van der Waals surface area (Å²) in [4.78, 5) is 20.7. The number of carbonyl (C=O) groups excluding carboxylic acids is 1. The summed E-state index contributed by atoms with van der Waals surface area (Å²) in [6.07, 6.45) is 26.0. The van der Waals surface area contributed by atoms with Crippen LogP contribution < -0.4 is 13.7 Å². The first kappa shape index (κ1) is 94.9. The van der Waals surface area contributed by atoms with E-state index in [4.69, 9.17) is 9.66 Å². The molecule has 0 amide bonds. The summed E-state index contributed by atoms with van der Waals surface area (Å²) in [5.74, 6) is -0.690. The fraction of sp³-hybridized carbons (Fsp3) is 0.470. The Morgan fingerprint density at radius 3 is 1.32 bits per heavy atom. The molecule has 0 fully saturated rings. The third-order valence-electron chi connectivity index (χ3n) is 14.1. The molecular formula is C66H111N9O18S5+6. The van der Waals surface area contributed by atoms with E-state index in [-0.39, 0.29) is 119 Å². The second kappa shape index (κ2) is 38.4. The zero-order valence-electron chi connectivity index (χ0n) is 54.1. The third kappa shape index (κ3) is 27.5. The van der Waals surface area contributed by atoms with E-state index in [1.807, 2.05) is 119 Å². The quantitative estimate of drug-likeness (QED) is 0.0249. The Morgan fingerprint density at radius 2 is 0.969 bits per heavy atom. The number of Topliss-reactive ketones (excluding diaryl/α,β-unsaturated/α-hetero) is 1. The molecule has 3 aromatic heterocycles. The van der Waals surface area contributed by atoms with E-state index in [9.17, 15) is 69.9 Å². The highest BCUT2D eigenvalue weighted by molar-refractivity contribution is 7.87. The topological polar surface area (TPSA) is 359 Å². The Bertz CT molecular complexity index is 4300. The number of aryl methyl sites for hydroxylation is 3. The van der Waals surface area contributed by atoms with Crippen LogP contribution in [-0.4, -0.2) is 146 Å². The molecule has 98 heavy (non-hydrogen) atoms. The Morgan fingerprint density at radius 1 is 0.541 bits per heavy atom. The van der Waals surface area contributed by atoms with Crippen LogP contribution in [0.15, 0.2) is 149 Å². The summed E-state index contributed by atoms with van der Waals surface area (Å²) in [6, 6.07) is 13.0. The second-order valence-corrected chi connectivity index (χ2v) is 31.0. The van der Waals surface area contributed by atoms with Crippen LogP contribution in [0.2, 0.25) is 0 Å². The summed E-state index contributed by atoms with van der Waals surface area (Å²) in [5.41, 5.74) is 2.79. The van der Waals surface area contributed by atoms with E-state index < -0.39 is 71.7 Å². The molecule has 6 aromatic rings. The Hall–Kier alpha value is -7.24. The number of carboxylic acids is 1. The van der Waals surface area contributed by atoms with Crippen molar-refractivity contribution < 1.29 is 107 Å². The number of allylic oxidation sites excluding steroid dienone is 1. The largest absolute Gasteiger partial charge is 0.477 e. The lowest BCUT2D eigenvalue weighted by Gasteiger charge is -2.20. The maximum absolute atomic E-state index is 11.7. The highest BCUT2D eigenvalue weighted by Crippen LogP contribution is 2.32. The Kier molecular flexibility index (Phi) is 37.2. The number of hydrogen-bond acceptors (Lipinski definition) is 12. The van der Waals surface area contributed by atoms with Gasteiger partial charge in [0, 0.05) is 18.4 Å². The van der Waals surface area contributed by atoms with Gasteiger partial charge in [-0.25, -0.2) is 27.6 Å². The molecule has 0 spiro atoms. The Labute approximate surface area is 584 Å². The standard InChI is InChI=1S/C14H18N2O3S.C13H16N2O6S2.C13H16N2O3S.C11H17N2O3.C9H15NO3S.6CH4/c1-11(2)12-4-5-13(14(8-12)20(17,18)19)9-16-7-6-15(3)10-16;1-9(2)10-6-11(22(16,17)18)13(12(7-10)23(19,20)21)15-5-4-14(3)8-15;1-10(2)11-4-5-12(13(8-11)19(16,17)18)15-7-6-14(3)9-15;1-9(2)12-4-5-13(8-12,6-10(3)14)7-11(15)16;1-7(2)9(14(11,12)13)10-5-4-8(3)6-10;;;;;;/h4-8,10-11H,9H2,1-3H3;4-9H,1-3H3,(H-,16,17,18,19,20,21);4-10H,1-3H3;4-5,8-9H,6-7H2,1-3H3;4-9H,1-3H3;6*1H4/q;;;+1;;;;;;;/p+5. The van der Waals surface area contributed by atoms with Gasteiger partial charge in [-0.05, 0) is 91.6 Å². The van der Waals surface area contributed by atoms with E-state index in [1.165, 1.54) is 42.2 Å². The summed E-state index contributed by atoms with van der Waals surface area (Å²) in [7, 11) is -16.6. The van der Waals surface area contributed by atoms with Crippen LogP contribution in [0.1, 0.15) is 168 Å². The third-order valence-corrected chi connectivity index (χ3v) is 19.0. The average Bonchev–Trinajstić information content (AvgIpc) is 0.882. The number of nitrogens with zero attached hydrogens (tertiary/aromatic N) is 9.